The van der Waals surface area contributed by atoms with E-state index in [0.717, 1.165) is 5.56 Å². The van der Waals surface area contributed by atoms with Crippen LogP contribution in [0.3, 0.4) is 0 Å². The Morgan fingerprint density at radius 2 is 1.26 bits per heavy atom. The molecule has 0 N–H and O–H groups in total. The van der Waals surface area contributed by atoms with Gasteiger partial charge < -0.3 is 14.2 Å². The first-order valence-electron chi connectivity index (χ1n) is 8.33. The van der Waals surface area contributed by atoms with Crippen molar-refractivity contribution in [2.45, 2.75) is 6.61 Å². The molecular formula is C22H18O5. The number of benzene rings is 3. The summed E-state index contributed by atoms with van der Waals surface area (Å²) in [5.74, 6) is 0.0734. The molecule has 0 atom stereocenters. The van der Waals surface area contributed by atoms with E-state index in [4.69, 9.17) is 14.2 Å². The number of carbonyl (C=O) groups excluding carboxylic acids is 2. The van der Waals surface area contributed by atoms with Crippen LogP contribution in [-0.4, -0.2) is 19.0 Å². The zero-order chi connectivity index (χ0) is 19.1. The maximum atomic E-state index is 12.1. The predicted octanol–water partition coefficient (Wildman–Crippen LogP) is 4.27. The van der Waals surface area contributed by atoms with E-state index >= 15 is 0 Å². The molecule has 0 amide bonds. The number of hydrogen-bond acceptors (Lipinski definition) is 5. The minimum Gasteiger partial charge on any atom is -0.497 e. The van der Waals surface area contributed by atoms with Gasteiger partial charge in [-0.15, -0.1) is 0 Å². The summed E-state index contributed by atoms with van der Waals surface area (Å²) >= 11 is 0. The summed E-state index contributed by atoms with van der Waals surface area (Å²) in [6.45, 7) is 0.202. The van der Waals surface area contributed by atoms with Crippen molar-refractivity contribution < 1.29 is 23.8 Å². The van der Waals surface area contributed by atoms with Gasteiger partial charge in [-0.1, -0.05) is 30.3 Å². The first-order chi connectivity index (χ1) is 13.2. The highest BCUT2D eigenvalue weighted by molar-refractivity contribution is 5.92. The summed E-state index contributed by atoms with van der Waals surface area (Å²) in [4.78, 5) is 24.2. The number of esters is 2. The minimum atomic E-state index is -0.489. The molecule has 0 spiro atoms. The number of hydrogen-bond donors (Lipinski definition) is 0. The maximum Gasteiger partial charge on any atom is 0.343 e. The van der Waals surface area contributed by atoms with E-state index < -0.39 is 11.9 Å². The van der Waals surface area contributed by atoms with Crippen molar-refractivity contribution >= 4 is 11.9 Å². The molecule has 5 heteroatoms. The van der Waals surface area contributed by atoms with Crippen molar-refractivity contribution in [3.05, 3.63) is 95.6 Å². The molecule has 0 radical (unpaired) electrons. The fraction of sp³-hybridized carbons (Fsp3) is 0.0909. The smallest absolute Gasteiger partial charge is 0.343 e. The van der Waals surface area contributed by atoms with Gasteiger partial charge in [0.15, 0.2) is 0 Å². The van der Waals surface area contributed by atoms with E-state index in [0.29, 0.717) is 22.6 Å². The molecule has 0 aliphatic carbocycles. The van der Waals surface area contributed by atoms with Gasteiger partial charge in [0.25, 0.3) is 0 Å². The highest BCUT2D eigenvalue weighted by Gasteiger charge is 2.11. The summed E-state index contributed by atoms with van der Waals surface area (Å²) in [5.41, 5.74) is 1.70. The van der Waals surface area contributed by atoms with Gasteiger partial charge in [-0.05, 0) is 54.1 Å². The second-order valence-electron chi connectivity index (χ2n) is 5.70. The molecule has 0 saturated carbocycles. The van der Waals surface area contributed by atoms with Gasteiger partial charge >= 0.3 is 11.9 Å². The quantitative estimate of drug-likeness (QED) is 0.484. The molecule has 0 saturated heterocycles. The topological polar surface area (TPSA) is 61.8 Å². The minimum absolute atomic E-state index is 0.202. The molecule has 3 rings (SSSR count). The molecule has 3 aromatic carbocycles. The summed E-state index contributed by atoms with van der Waals surface area (Å²) in [7, 11) is 1.56. The van der Waals surface area contributed by atoms with Crippen molar-refractivity contribution in [3.63, 3.8) is 0 Å². The number of methoxy groups -OCH3 is 1. The van der Waals surface area contributed by atoms with Gasteiger partial charge in [0, 0.05) is 0 Å². The Bertz CT molecular complexity index is 900. The van der Waals surface area contributed by atoms with Crippen LogP contribution in [0, 0.1) is 0 Å². The first kappa shape index (κ1) is 18.2. The molecule has 0 fully saturated rings. The Hall–Kier alpha value is -3.60. The van der Waals surface area contributed by atoms with Crippen molar-refractivity contribution in [2.24, 2.45) is 0 Å². The lowest BCUT2D eigenvalue weighted by atomic mass is 10.2. The predicted molar refractivity (Wildman–Crippen MR) is 100.0 cm³/mol. The Balaban J connectivity index is 1.57. The van der Waals surface area contributed by atoms with E-state index in [9.17, 15) is 9.59 Å². The third-order valence-corrected chi connectivity index (χ3v) is 3.84. The SMILES string of the molecule is COc1ccc(C(=O)Oc2ccc(C(=O)OCc3ccccc3)cc2)cc1. The molecule has 0 aromatic heterocycles. The third-order valence-electron chi connectivity index (χ3n) is 3.84. The molecule has 0 bridgehead atoms. The Kier molecular flexibility index (Phi) is 5.84. The summed E-state index contributed by atoms with van der Waals surface area (Å²) in [6.07, 6.45) is 0. The van der Waals surface area contributed by atoms with Crippen LogP contribution in [0.1, 0.15) is 26.3 Å². The highest BCUT2D eigenvalue weighted by atomic mass is 16.5. The van der Waals surface area contributed by atoms with Crippen molar-refractivity contribution in [3.8, 4) is 11.5 Å². The summed E-state index contributed by atoms with van der Waals surface area (Å²) in [6, 6.07) is 22.3. The van der Waals surface area contributed by atoms with Crippen LogP contribution in [0.5, 0.6) is 11.5 Å². The summed E-state index contributed by atoms with van der Waals surface area (Å²) < 4.78 is 15.6. The average Bonchev–Trinajstić information content (AvgIpc) is 2.73. The first-order valence-corrected chi connectivity index (χ1v) is 8.33. The van der Waals surface area contributed by atoms with Crippen LogP contribution in [0.2, 0.25) is 0 Å². The second-order valence-corrected chi connectivity index (χ2v) is 5.70. The van der Waals surface area contributed by atoms with E-state index in [1.807, 2.05) is 30.3 Å². The van der Waals surface area contributed by atoms with Crippen LogP contribution >= 0.6 is 0 Å². The molecule has 3 aromatic rings. The van der Waals surface area contributed by atoms with Gasteiger partial charge in [0.05, 0.1) is 18.2 Å². The van der Waals surface area contributed by atoms with E-state index in [2.05, 4.69) is 0 Å². The lowest BCUT2D eigenvalue weighted by Gasteiger charge is -2.07. The van der Waals surface area contributed by atoms with Gasteiger partial charge in [-0.25, -0.2) is 9.59 Å². The maximum absolute atomic E-state index is 12.1. The van der Waals surface area contributed by atoms with Crippen LogP contribution < -0.4 is 9.47 Å². The number of ether oxygens (including phenoxy) is 3. The Labute approximate surface area is 157 Å². The van der Waals surface area contributed by atoms with Crippen LogP contribution in [0.15, 0.2) is 78.9 Å². The van der Waals surface area contributed by atoms with E-state index in [1.54, 1.807) is 55.6 Å². The molecule has 136 valence electrons. The monoisotopic (exact) mass is 362 g/mol. The van der Waals surface area contributed by atoms with Gasteiger partial charge in [0.2, 0.25) is 0 Å². The van der Waals surface area contributed by atoms with Crippen molar-refractivity contribution in [1.82, 2.24) is 0 Å². The zero-order valence-electron chi connectivity index (χ0n) is 14.8. The van der Waals surface area contributed by atoms with Crippen LogP contribution in [-0.2, 0) is 11.3 Å². The zero-order valence-corrected chi connectivity index (χ0v) is 14.8. The average molecular weight is 362 g/mol. The fourth-order valence-corrected chi connectivity index (χ4v) is 2.36. The molecule has 0 aliphatic heterocycles. The number of rotatable bonds is 6. The lowest BCUT2D eigenvalue weighted by Crippen LogP contribution is -2.09. The van der Waals surface area contributed by atoms with Crippen LogP contribution in [0.4, 0.5) is 0 Å². The van der Waals surface area contributed by atoms with Gasteiger partial charge in [-0.2, -0.15) is 0 Å². The molecule has 0 aliphatic rings. The molecular weight excluding hydrogens is 344 g/mol. The van der Waals surface area contributed by atoms with Crippen molar-refractivity contribution in [1.29, 1.82) is 0 Å². The van der Waals surface area contributed by atoms with Gasteiger partial charge in [0.1, 0.15) is 18.1 Å². The second kappa shape index (κ2) is 8.67. The molecule has 5 nitrogen and oxygen atoms in total. The molecule has 0 unspecified atom stereocenters. The standard InChI is InChI=1S/C22H18O5/c1-25-19-11-7-18(8-12-19)22(24)27-20-13-9-17(10-14-20)21(23)26-15-16-5-3-2-4-6-16/h2-14H,15H2,1H3. The summed E-state index contributed by atoms with van der Waals surface area (Å²) in [5, 5.41) is 0. The Morgan fingerprint density at radius 1 is 0.704 bits per heavy atom. The Morgan fingerprint density at radius 3 is 1.85 bits per heavy atom. The third kappa shape index (κ3) is 4.95. The van der Waals surface area contributed by atoms with E-state index in [-0.39, 0.29) is 6.61 Å². The van der Waals surface area contributed by atoms with Crippen LogP contribution in [0.25, 0.3) is 0 Å². The highest BCUT2D eigenvalue weighted by Crippen LogP contribution is 2.17. The van der Waals surface area contributed by atoms with E-state index in [1.165, 1.54) is 0 Å². The fourth-order valence-electron chi connectivity index (χ4n) is 2.36. The largest absolute Gasteiger partial charge is 0.497 e. The molecule has 0 heterocycles. The lowest BCUT2D eigenvalue weighted by molar-refractivity contribution is 0.0472. The van der Waals surface area contributed by atoms with Gasteiger partial charge in [-0.3, -0.25) is 0 Å². The normalized spacial score (nSPS) is 10.1. The number of carbonyl (C=O) groups is 2. The molecule has 27 heavy (non-hydrogen) atoms. The van der Waals surface area contributed by atoms with Crippen molar-refractivity contribution in [2.75, 3.05) is 7.11 Å².